The summed E-state index contributed by atoms with van der Waals surface area (Å²) in [5.74, 6) is -0.246. The maximum absolute atomic E-state index is 11.8. The van der Waals surface area contributed by atoms with Crippen LogP contribution >= 0.6 is 11.3 Å². The van der Waals surface area contributed by atoms with Crippen LogP contribution in [0.3, 0.4) is 0 Å². The lowest BCUT2D eigenvalue weighted by molar-refractivity contribution is -0.133. The van der Waals surface area contributed by atoms with Gasteiger partial charge in [-0.2, -0.15) is 0 Å². The third-order valence-electron chi connectivity index (χ3n) is 2.84. The highest BCUT2D eigenvalue weighted by Crippen LogP contribution is 2.25. The number of carbonyl (C=O) groups excluding carboxylic acids is 2. The van der Waals surface area contributed by atoms with Crippen molar-refractivity contribution in [2.45, 2.75) is 33.7 Å². The van der Waals surface area contributed by atoms with E-state index in [0.717, 1.165) is 5.56 Å². The summed E-state index contributed by atoms with van der Waals surface area (Å²) in [7, 11) is 1.62. The number of rotatable bonds is 4. The van der Waals surface area contributed by atoms with E-state index in [2.05, 4.69) is 25.2 Å². The van der Waals surface area contributed by atoms with E-state index >= 15 is 0 Å². The minimum Gasteiger partial charge on any atom is -0.348 e. The Bertz CT molecular complexity index is 454. The van der Waals surface area contributed by atoms with E-state index < -0.39 is 0 Å². The van der Waals surface area contributed by atoms with Gasteiger partial charge in [-0.1, -0.05) is 0 Å². The van der Waals surface area contributed by atoms with E-state index in [9.17, 15) is 9.59 Å². The average molecular weight is 268 g/mol. The molecule has 1 N–H and O–H groups in total. The Kier molecular flexibility index (Phi) is 4.90. The molecule has 0 fully saturated rings. The summed E-state index contributed by atoms with van der Waals surface area (Å²) in [6.07, 6.45) is 0. The van der Waals surface area contributed by atoms with Crippen molar-refractivity contribution in [2.24, 2.45) is 0 Å². The Morgan fingerprint density at radius 2 is 2.06 bits per heavy atom. The summed E-state index contributed by atoms with van der Waals surface area (Å²) in [5.41, 5.74) is 1.15. The largest absolute Gasteiger partial charge is 0.348 e. The quantitative estimate of drug-likeness (QED) is 0.908. The van der Waals surface area contributed by atoms with Crippen LogP contribution in [-0.2, 0) is 9.59 Å². The van der Waals surface area contributed by atoms with E-state index in [0.29, 0.717) is 0 Å². The molecule has 1 aromatic heterocycles. The number of carbonyl (C=O) groups is 2. The van der Waals surface area contributed by atoms with Gasteiger partial charge in [0.1, 0.15) is 0 Å². The monoisotopic (exact) mass is 268 g/mol. The minimum atomic E-state index is -0.136. The SMILES string of the molecule is CC(=O)N(C)CC(=O)N[C@@H](C)c1cc(C)sc1C. The lowest BCUT2D eigenvalue weighted by Gasteiger charge is -2.18. The van der Waals surface area contributed by atoms with Gasteiger partial charge in [-0.3, -0.25) is 9.59 Å². The second-order valence-electron chi connectivity index (χ2n) is 4.53. The molecule has 0 saturated heterocycles. The van der Waals surface area contributed by atoms with Gasteiger partial charge in [-0.25, -0.2) is 0 Å². The van der Waals surface area contributed by atoms with Crippen molar-refractivity contribution in [3.8, 4) is 0 Å². The molecule has 1 aromatic rings. The standard InChI is InChI=1S/C13H20N2O2S/c1-8-6-12(10(3)18-8)9(2)14-13(17)7-15(5)11(4)16/h6,9H,7H2,1-5H3,(H,14,17)/t9-/m0/s1. The molecule has 0 radical (unpaired) electrons. The van der Waals surface area contributed by atoms with Gasteiger partial charge in [-0.15, -0.1) is 11.3 Å². The Labute approximate surface area is 112 Å². The molecule has 1 heterocycles. The molecular weight excluding hydrogens is 248 g/mol. The van der Waals surface area contributed by atoms with Gasteiger partial charge in [0.2, 0.25) is 11.8 Å². The van der Waals surface area contributed by atoms with E-state index in [1.807, 2.05) is 6.92 Å². The fraction of sp³-hybridized carbons (Fsp3) is 0.538. The van der Waals surface area contributed by atoms with Crippen molar-refractivity contribution in [2.75, 3.05) is 13.6 Å². The number of nitrogens with one attached hydrogen (secondary N) is 1. The smallest absolute Gasteiger partial charge is 0.240 e. The highest BCUT2D eigenvalue weighted by atomic mass is 32.1. The first-order valence-corrected chi connectivity index (χ1v) is 6.71. The van der Waals surface area contributed by atoms with E-state index in [4.69, 9.17) is 0 Å². The molecule has 0 aromatic carbocycles. The van der Waals surface area contributed by atoms with Gasteiger partial charge in [0.05, 0.1) is 12.6 Å². The predicted molar refractivity (Wildman–Crippen MR) is 73.7 cm³/mol. The highest BCUT2D eigenvalue weighted by Gasteiger charge is 2.15. The van der Waals surface area contributed by atoms with Gasteiger partial charge in [0.25, 0.3) is 0 Å². The molecule has 0 unspecified atom stereocenters. The molecule has 5 heteroatoms. The first-order chi connectivity index (χ1) is 8.31. The van der Waals surface area contributed by atoms with Crippen molar-refractivity contribution >= 4 is 23.2 Å². The predicted octanol–water partition coefficient (Wildman–Crippen LogP) is 2.02. The molecule has 0 aliphatic carbocycles. The van der Waals surface area contributed by atoms with Gasteiger partial charge >= 0.3 is 0 Å². The third kappa shape index (κ3) is 3.84. The fourth-order valence-corrected chi connectivity index (χ4v) is 2.79. The molecule has 2 amide bonds. The Hall–Kier alpha value is -1.36. The van der Waals surface area contributed by atoms with Crippen molar-refractivity contribution < 1.29 is 9.59 Å². The molecule has 1 atom stereocenters. The molecular formula is C13H20N2O2S. The summed E-state index contributed by atoms with van der Waals surface area (Å²) in [5, 5.41) is 2.91. The molecule has 18 heavy (non-hydrogen) atoms. The number of nitrogens with zero attached hydrogens (tertiary/aromatic N) is 1. The first-order valence-electron chi connectivity index (χ1n) is 5.89. The topological polar surface area (TPSA) is 49.4 Å². The van der Waals surface area contributed by atoms with Crippen molar-refractivity contribution in [1.29, 1.82) is 0 Å². The molecule has 0 saturated carbocycles. The van der Waals surface area contributed by atoms with Gasteiger partial charge in [0.15, 0.2) is 0 Å². The normalized spacial score (nSPS) is 12.1. The average Bonchev–Trinajstić information content (AvgIpc) is 2.57. The number of hydrogen-bond donors (Lipinski definition) is 1. The fourth-order valence-electron chi connectivity index (χ4n) is 1.77. The molecule has 0 aliphatic heterocycles. The summed E-state index contributed by atoms with van der Waals surface area (Å²) < 4.78 is 0. The zero-order valence-electron chi connectivity index (χ0n) is 11.5. The van der Waals surface area contributed by atoms with E-state index in [1.165, 1.54) is 21.6 Å². The molecule has 4 nitrogen and oxygen atoms in total. The molecule has 0 bridgehead atoms. The Morgan fingerprint density at radius 3 is 2.50 bits per heavy atom. The van der Waals surface area contributed by atoms with Crippen LogP contribution in [0.15, 0.2) is 6.07 Å². The van der Waals surface area contributed by atoms with Crippen molar-refractivity contribution in [3.63, 3.8) is 0 Å². The second kappa shape index (κ2) is 6.00. The number of amides is 2. The van der Waals surface area contributed by atoms with Crippen LogP contribution in [0, 0.1) is 13.8 Å². The van der Waals surface area contributed by atoms with E-state index in [-0.39, 0.29) is 24.4 Å². The maximum atomic E-state index is 11.8. The van der Waals surface area contributed by atoms with Crippen LogP contribution < -0.4 is 5.32 Å². The maximum Gasteiger partial charge on any atom is 0.240 e. The van der Waals surface area contributed by atoms with Crippen LogP contribution in [0.2, 0.25) is 0 Å². The Balaban J connectivity index is 2.60. The summed E-state index contributed by atoms with van der Waals surface area (Å²) in [4.78, 5) is 26.7. The number of hydrogen-bond acceptors (Lipinski definition) is 3. The second-order valence-corrected chi connectivity index (χ2v) is 5.99. The number of thiophene rings is 1. The van der Waals surface area contributed by atoms with Gasteiger partial charge in [-0.05, 0) is 32.4 Å². The highest BCUT2D eigenvalue weighted by molar-refractivity contribution is 7.12. The summed E-state index contributed by atoms with van der Waals surface area (Å²) >= 11 is 1.73. The first kappa shape index (κ1) is 14.7. The number of likely N-dealkylation sites (N-methyl/N-ethyl adjacent to an activating group) is 1. The molecule has 0 aliphatic rings. The third-order valence-corrected chi connectivity index (χ3v) is 3.82. The molecule has 100 valence electrons. The van der Waals surface area contributed by atoms with E-state index in [1.54, 1.807) is 18.4 Å². The minimum absolute atomic E-state index is 0.0252. The van der Waals surface area contributed by atoms with Crippen LogP contribution in [0.5, 0.6) is 0 Å². The Morgan fingerprint density at radius 1 is 1.44 bits per heavy atom. The molecule has 1 rings (SSSR count). The van der Waals surface area contributed by atoms with Crippen molar-refractivity contribution in [1.82, 2.24) is 10.2 Å². The van der Waals surface area contributed by atoms with Crippen LogP contribution in [0.25, 0.3) is 0 Å². The van der Waals surface area contributed by atoms with Crippen LogP contribution in [0.1, 0.15) is 35.2 Å². The lowest BCUT2D eigenvalue weighted by atomic mass is 10.1. The molecule has 0 spiro atoms. The summed E-state index contributed by atoms with van der Waals surface area (Å²) in [6, 6.07) is 2.07. The van der Waals surface area contributed by atoms with Gasteiger partial charge in [0, 0.05) is 23.7 Å². The summed E-state index contributed by atoms with van der Waals surface area (Å²) in [6.45, 7) is 7.61. The zero-order chi connectivity index (χ0) is 13.9. The lowest BCUT2D eigenvalue weighted by Crippen LogP contribution is -2.38. The number of aryl methyl sites for hydroxylation is 2. The van der Waals surface area contributed by atoms with Crippen LogP contribution in [-0.4, -0.2) is 30.3 Å². The van der Waals surface area contributed by atoms with Crippen molar-refractivity contribution in [3.05, 3.63) is 21.4 Å². The van der Waals surface area contributed by atoms with Crippen LogP contribution in [0.4, 0.5) is 0 Å². The van der Waals surface area contributed by atoms with Gasteiger partial charge < -0.3 is 10.2 Å². The zero-order valence-corrected chi connectivity index (χ0v) is 12.4.